The molecule has 0 fully saturated rings. The maximum absolute atomic E-state index is 4.29. The summed E-state index contributed by atoms with van der Waals surface area (Å²) in [5, 5.41) is 15.1. The van der Waals surface area contributed by atoms with Gasteiger partial charge in [0, 0.05) is 42.5 Å². The van der Waals surface area contributed by atoms with Gasteiger partial charge in [0.05, 0.1) is 5.69 Å². The second-order valence-electron chi connectivity index (χ2n) is 4.78. The van der Waals surface area contributed by atoms with Gasteiger partial charge in [0.15, 0.2) is 11.0 Å². The van der Waals surface area contributed by atoms with E-state index in [9.17, 15) is 0 Å². The monoisotopic (exact) mass is 299 g/mol. The van der Waals surface area contributed by atoms with Crippen LogP contribution in [0.2, 0.25) is 0 Å². The van der Waals surface area contributed by atoms with E-state index in [1.807, 2.05) is 43.1 Å². The quantitative estimate of drug-likeness (QED) is 0.580. The van der Waals surface area contributed by atoms with E-state index in [-0.39, 0.29) is 0 Å². The molecule has 1 aromatic carbocycles. The minimum atomic E-state index is 0.819. The van der Waals surface area contributed by atoms with E-state index < -0.39 is 0 Å². The van der Waals surface area contributed by atoms with Gasteiger partial charge < -0.3 is 9.88 Å². The fourth-order valence-corrected chi connectivity index (χ4v) is 2.96. The minimum Gasteiger partial charge on any atom is -0.367 e. The Balaban J connectivity index is 1.66. The number of aromatic nitrogens is 4. The third-order valence-corrected chi connectivity index (χ3v) is 4.33. The Labute approximate surface area is 127 Å². The molecule has 3 aromatic rings. The van der Waals surface area contributed by atoms with Crippen molar-refractivity contribution in [1.82, 2.24) is 19.7 Å². The van der Waals surface area contributed by atoms with E-state index in [1.54, 1.807) is 11.8 Å². The molecule has 0 radical (unpaired) electrons. The van der Waals surface area contributed by atoms with Crippen LogP contribution in [0, 0.1) is 6.92 Å². The average Bonchev–Trinajstić information content (AvgIpc) is 2.91. The number of nitrogens with zero attached hydrogens (tertiary/aromatic N) is 4. The molecule has 0 amide bonds. The second kappa shape index (κ2) is 6.13. The molecule has 0 atom stereocenters. The van der Waals surface area contributed by atoms with Crippen molar-refractivity contribution in [2.45, 2.75) is 12.1 Å². The highest BCUT2D eigenvalue weighted by molar-refractivity contribution is 7.99. The Morgan fingerprint density at radius 3 is 2.76 bits per heavy atom. The van der Waals surface area contributed by atoms with Crippen LogP contribution in [0.15, 0.2) is 41.8 Å². The van der Waals surface area contributed by atoms with Crippen molar-refractivity contribution in [2.24, 2.45) is 7.05 Å². The molecule has 5 nitrogen and oxygen atoms in total. The summed E-state index contributed by atoms with van der Waals surface area (Å²) in [6, 6.07) is 8.20. The SMILES string of the molecule is Cc1nnc(NCCSc2nccn2C)c2ccccc12. The van der Waals surface area contributed by atoms with Crippen LogP contribution in [0.4, 0.5) is 5.82 Å². The third kappa shape index (κ3) is 3.00. The van der Waals surface area contributed by atoms with Crippen LogP contribution in [-0.4, -0.2) is 32.0 Å². The zero-order valence-corrected chi connectivity index (χ0v) is 12.9. The summed E-state index contributed by atoms with van der Waals surface area (Å²) in [5.74, 6) is 1.77. The van der Waals surface area contributed by atoms with Crippen molar-refractivity contribution in [1.29, 1.82) is 0 Å². The molecule has 0 aliphatic heterocycles. The number of hydrogen-bond donors (Lipinski definition) is 1. The fraction of sp³-hybridized carbons (Fsp3) is 0.267. The molecular weight excluding hydrogens is 282 g/mol. The van der Waals surface area contributed by atoms with Crippen molar-refractivity contribution in [3.63, 3.8) is 0 Å². The predicted molar refractivity (Wildman–Crippen MR) is 86.7 cm³/mol. The first-order valence-electron chi connectivity index (χ1n) is 6.82. The fourth-order valence-electron chi connectivity index (χ4n) is 2.17. The Kier molecular flexibility index (Phi) is 4.06. The van der Waals surface area contributed by atoms with Crippen molar-refractivity contribution < 1.29 is 0 Å². The number of fused-ring (bicyclic) bond motifs is 1. The number of thioether (sulfide) groups is 1. The van der Waals surface area contributed by atoms with Crippen LogP contribution in [0.1, 0.15) is 5.69 Å². The molecule has 2 aromatic heterocycles. The van der Waals surface area contributed by atoms with Gasteiger partial charge in [0.25, 0.3) is 0 Å². The predicted octanol–water partition coefficient (Wildman–Crippen LogP) is 2.88. The Morgan fingerprint density at radius 1 is 1.19 bits per heavy atom. The van der Waals surface area contributed by atoms with Crippen LogP contribution < -0.4 is 5.32 Å². The lowest BCUT2D eigenvalue weighted by atomic mass is 10.1. The summed E-state index contributed by atoms with van der Waals surface area (Å²) in [6.45, 7) is 2.80. The van der Waals surface area contributed by atoms with Gasteiger partial charge in [-0.2, -0.15) is 5.10 Å². The zero-order valence-electron chi connectivity index (χ0n) is 12.1. The van der Waals surface area contributed by atoms with Crippen molar-refractivity contribution in [2.75, 3.05) is 17.6 Å². The van der Waals surface area contributed by atoms with E-state index in [2.05, 4.69) is 32.6 Å². The molecule has 1 N–H and O–H groups in total. The lowest BCUT2D eigenvalue weighted by Gasteiger charge is -2.09. The van der Waals surface area contributed by atoms with E-state index in [4.69, 9.17) is 0 Å². The maximum atomic E-state index is 4.29. The van der Waals surface area contributed by atoms with Crippen LogP contribution >= 0.6 is 11.8 Å². The number of rotatable bonds is 5. The van der Waals surface area contributed by atoms with Gasteiger partial charge in [-0.05, 0) is 6.92 Å². The first-order chi connectivity index (χ1) is 10.3. The zero-order chi connectivity index (χ0) is 14.7. The highest BCUT2D eigenvalue weighted by Gasteiger charge is 2.06. The highest BCUT2D eigenvalue weighted by atomic mass is 32.2. The van der Waals surface area contributed by atoms with Gasteiger partial charge in [-0.15, -0.1) is 5.10 Å². The van der Waals surface area contributed by atoms with Crippen LogP contribution in [0.5, 0.6) is 0 Å². The normalized spacial score (nSPS) is 11.0. The molecule has 0 saturated carbocycles. The van der Waals surface area contributed by atoms with Gasteiger partial charge in [-0.25, -0.2) is 4.98 Å². The number of benzene rings is 1. The van der Waals surface area contributed by atoms with E-state index in [0.29, 0.717) is 0 Å². The summed E-state index contributed by atoms with van der Waals surface area (Å²) in [5.41, 5.74) is 0.957. The summed E-state index contributed by atoms with van der Waals surface area (Å²) in [6.07, 6.45) is 3.77. The lowest BCUT2D eigenvalue weighted by Crippen LogP contribution is -2.08. The third-order valence-electron chi connectivity index (χ3n) is 3.27. The Hall–Kier alpha value is -2.08. The average molecular weight is 299 g/mol. The molecule has 0 spiro atoms. The van der Waals surface area contributed by atoms with E-state index >= 15 is 0 Å². The standard InChI is InChI=1S/C15H17N5S/c1-11-12-5-3-4-6-13(12)14(19-18-11)16-8-10-21-15-17-7-9-20(15)2/h3-7,9H,8,10H2,1-2H3,(H,16,19). The van der Waals surface area contributed by atoms with E-state index in [0.717, 1.165) is 39.7 Å². The van der Waals surface area contributed by atoms with Gasteiger partial charge in [0.1, 0.15) is 0 Å². The van der Waals surface area contributed by atoms with Gasteiger partial charge in [-0.1, -0.05) is 36.0 Å². The van der Waals surface area contributed by atoms with Gasteiger partial charge >= 0.3 is 0 Å². The molecular formula is C15H17N5S. The number of hydrogen-bond acceptors (Lipinski definition) is 5. The number of nitrogens with one attached hydrogen (secondary N) is 1. The van der Waals surface area contributed by atoms with Crippen molar-refractivity contribution in [3.05, 3.63) is 42.4 Å². The summed E-state index contributed by atoms with van der Waals surface area (Å²) < 4.78 is 2.02. The van der Waals surface area contributed by atoms with Crippen LogP contribution in [0.25, 0.3) is 10.8 Å². The number of anilines is 1. The second-order valence-corrected chi connectivity index (χ2v) is 5.84. The summed E-state index contributed by atoms with van der Waals surface area (Å²) in [7, 11) is 2.00. The number of aryl methyl sites for hydroxylation is 2. The van der Waals surface area contributed by atoms with Gasteiger partial charge in [0.2, 0.25) is 0 Å². The molecule has 2 heterocycles. The molecule has 0 unspecified atom stereocenters. The molecule has 0 aliphatic rings. The topological polar surface area (TPSA) is 55.6 Å². The van der Waals surface area contributed by atoms with Crippen molar-refractivity contribution >= 4 is 28.4 Å². The van der Waals surface area contributed by atoms with E-state index in [1.165, 1.54) is 0 Å². The lowest BCUT2D eigenvalue weighted by molar-refractivity contribution is 0.790. The Morgan fingerprint density at radius 2 is 2.00 bits per heavy atom. The molecule has 0 saturated heterocycles. The van der Waals surface area contributed by atoms with Crippen molar-refractivity contribution in [3.8, 4) is 0 Å². The first kappa shape index (κ1) is 13.9. The smallest absolute Gasteiger partial charge is 0.167 e. The first-order valence-corrected chi connectivity index (χ1v) is 7.80. The summed E-state index contributed by atoms with van der Waals surface area (Å²) >= 11 is 1.72. The molecule has 0 bridgehead atoms. The Bertz CT molecular complexity index is 753. The minimum absolute atomic E-state index is 0.819. The maximum Gasteiger partial charge on any atom is 0.167 e. The molecule has 0 aliphatic carbocycles. The number of imidazole rings is 1. The van der Waals surface area contributed by atoms with Gasteiger partial charge in [-0.3, -0.25) is 0 Å². The highest BCUT2D eigenvalue weighted by Crippen LogP contribution is 2.22. The summed E-state index contributed by atoms with van der Waals surface area (Å²) in [4.78, 5) is 4.29. The van der Waals surface area contributed by atoms with Crippen LogP contribution in [-0.2, 0) is 7.05 Å². The molecule has 6 heteroatoms. The molecule has 108 valence electrons. The largest absolute Gasteiger partial charge is 0.367 e. The van der Waals surface area contributed by atoms with Crippen LogP contribution in [0.3, 0.4) is 0 Å². The molecule has 21 heavy (non-hydrogen) atoms. The molecule has 3 rings (SSSR count).